The molecular formula is C26H25FIN5OS. The van der Waals surface area contributed by atoms with Gasteiger partial charge in [0.25, 0.3) is 5.91 Å². The SMILES string of the molecule is NCC(Cc1cccc(NF)c1)N(I)C(=O)c1cc2c(s1)CCCn1ncc(-c3ccccc3)c1-2. The molecule has 0 fully saturated rings. The van der Waals surface area contributed by atoms with Crippen molar-refractivity contribution in [2.45, 2.75) is 31.8 Å². The summed E-state index contributed by atoms with van der Waals surface area (Å²) in [5.41, 5.74) is 13.4. The van der Waals surface area contributed by atoms with Crippen molar-refractivity contribution in [2.24, 2.45) is 5.73 Å². The highest BCUT2D eigenvalue weighted by atomic mass is 127. The predicted molar refractivity (Wildman–Crippen MR) is 147 cm³/mol. The van der Waals surface area contributed by atoms with Gasteiger partial charge in [-0.15, -0.1) is 15.8 Å². The fourth-order valence-corrected chi connectivity index (χ4v) is 6.52. The maximum absolute atomic E-state index is 13.5. The molecule has 6 nitrogen and oxygen atoms in total. The van der Waals surface area contributed by atoms with Crippen LogP contribution in [0.2, 0.25) is 0 Å². The number of hydrogen-bond acceptors (Lipinski definition) is 5. The zero-order chi connectivity index (χ0) is 24.4. The number of fused-ring (bicyclic) bond motifs is 3. The minimum absolute atomic E-state index is 0.0637. The van der Waals surface area contributed by atoms with E-state index in [0.29, 0.717) is 23.5 Å². The molecule has 3 heterocycles. The monoisotopic (exact) mass is 601 g/mol. The van der Waals surface area contributed by atoms with Crippen molar-refractivity contribution >= 4 is 45.8 Å². The zero-order valence-electron chi connectivity index (χ0n) is 19.0. The molecule has 0 radical (unpaired) electrons. The second kappa shape index (κ2) is 10.5. The summed E-state index contributed by atoms with van der Waals surface area (Å²) in [6, 6.07) is 19.1. The van der Waals surface area contributed by atoms with Gasteiger partial charge < -0.3 is 5.73 Å². The molecule has 35 heavy (non-hydrogen) atoms. The average Bonchev–Trinajstić information content (AvgIpc) is 3.47. The van der Waals surface area contributed by atoms with Crippen LogP contribution in [0.25, 0.3) is 22.4 Å². The molecule has 1 amide bonds. The topological polar surface area (TPSA) is 76.2 Å². The largest absolute Gasteiger partial charge is 0.328 e. The Morgan fingerprint density at radius 2 is 2.03 bits per heavy atom. The van der Waals surface area contributed by atoms with Crippen LogP contribution in [0.1, 0.15) is 26.5 Å². The van der Waals surface area contributed by atoms with E-state index in [1.165, 1.54) is 4.88 Å². The predicted octanol–water partition coefficient (Wildman–Crippen LogP) is 5.88. The van der Waals surface area contributed by atoms with Crippen molar-refractivity contribution in [1.82, 2.24) is 12.9 Å². The summed E-state index contributed by atoms with van der Waals surface area (Å²) in [7, 11) is 0. The lowest BCUT2D eigenvalue weighted by Gasteiger charge is -2.24. The number of nitrogens with one attached hydrogen (secondary N) is 1. The number of nitrogens with zero attached hydrogens (tertiary/aromatic N) is 3. The number of benzene rings is 2. The number of amides is 1. The maximum Gasteiger partial charge on any atom is 0.272 e. The van der Waals surface area contributed by atoms with Gasteiger partial charge in [-0.05, 0) is 48.6 Å². The van der Waals surface area contributed by atoms with E-state index < -0.39 is 0 Å². The average molecular weight is 601 g/mol. The van der Waals surface area contributed by atoms with E-state index in [9.17, 15) is 9.28 Å². The molecule has 9 heteroatoms. The first-order chi connectivity index (χ1) is 17.1. The van der Waals surface area contributed by atoms with Crippen LogP contribution in [0.4, 0.5) is 10.2 Å². The highest BCUT2D eigenvalue weighted by molar-refractivity contribution is 14.1. The number of thiophene rings is 1. The first kappa shape index (κ1) is 24.0. The Balaban J connectivity index is 1.44. The van der Waals surface area contributed by atoms with Crippen LogP contribution in [0.3, 0.4) is 0 Å². The Hall–Kier alpha value is -2.76. The Labute approximate surface area is 221 Å². The third kappa shape index (κ3) is 4.85. The van der Waals surface area contributed by atoms with E-state index in [1.807, 2.05) is 36.5 Å². The summed E-state index contributed by atoms with van der Waals surface area (Å²) in [6.07, 6.45) is 4.35. The number of nitrogens with two attached hydrogens (primary N) is 1. The third-order valence-corrected chi connectivity index (χ3v) is 8.68. The molecule has 1 aliphatic heterocycles. The molecule has 4 aromatic rings. The minimum atomic E-state index is -0.217. The van der Waals surface area contributed by atoms with Gasteiger partial charge in [-0.2, -0.15) is 5.10 Å². The molecule has 1 unspecified atom stereocenters. The Bertz CT molecular complexity index is 1340. The van der Waals surface area contributed by atoms with E-state index in [4.69, 9.17) is 5.73 Å². The van der Waals surface area contributed by atoms with Crippen molar-refractivity contribution in [2.75, 3.05) is 12.1 Å². The van der Waals surface area contributed by atoms with Gasteiger partial charge in [-0.1, -0.05) is 42.5 Å². The molecule has 2 aromatic heterocycles. The van der Waals surface area contributed by atoms with Crippen molar-refractivity contribution < 1.29 is 9.28 Å². The first-order valence-electron chi connectivity index (χ1n) is 11.5. The molecule has 0 saturated carbocycles. The van der Waals surface area contributed by atoms with Crippen molar-refractivity contribution in [3.63, 3.8) is 0 Å². The van der Waals surface area contributed by atoms with Gasteiger partial charge in [-0.3, -0.25) is 12.6 Å². The van der Waals surface area contributed by atoms with E-state index in [2.05, 4.69) is 44.8 Å². The molecule has 0 spiro atoms. The van der Waals surface area contributed by atoms with Crippen LogP contribution in [0.15, 0.2) is 66.9 Å². The number of rotatable bonds is 7. The van der Waals surface area contributed by atoms with Gasteiger partial charge in [0.05, 0.1) is 51.4 Å². The summed E-state index contributed by atoms with van der Waals surface area (Å²) >= 11 is 3.62. The van der Waals surface area contributed by atoms with Crippen LogP contribution in [0.5, 0.6) is 0 Å². The number of carbonyl (C=O) groups excluding carboxylic acids is 1. The summed E-state index contributed by atoms with van der Waals surface area (Å²) in [6.45, 7) is 1.16. The number of halogens is 2. The molecule has 1 aliphatic rings. The van der Waals surface area contributed by atoms with Crippen LogP contribution in [-0.4, -0.2) is 31.4 Å². The van der Waals surface area contributed by atoms with Crippen LogP contribution < -0.4 is 11.3 Å². The summed E-state index contributed by atoms with van der Waals surface area (Å²) in [5.74, 6) is -0.0637. The number of anilines is 1. The fraction of sp³-hybridized carbons (Fsp3) is 0.231. The molecule has 0 aliphatic carbocycles. The zero-order valence-corrected chi connectivity index (χ0v) is 21.9. The molecular weight excluding hydrogens is 576 g/mol. The lowest BCUT2D eigenvalue weighted by Crippen LogP contribution is -2.39. The highest BCUT2D eigenvalue weighted by Gasteiger charge is 2.28. The normalized spacial score (nSPS) is 13.5. The van der Waals surface area contributed by atoms with Crippen LogP contribution in [-0.2, 0) is 19.4 Å². The number of aryl methyl sites for hydroxylation is 2. The molecule has 0 bridgehead atoms. The standard InChI is InChI=1S/C26H25FIN5OS/c27-31-19-9-4-6-17(12-19)13-20(15-29)33(28)26(34)24-14-21-23(35-24)10-5-11-32-25(21)22(16-30-32)18-7-2-1-3-8-18/h1-4,6-9,12,14,16,20,31H,5,10-11,13,15,29H2. The summed E-state index contributed by atoms with van der Waals surface area (Å²) < 4.78 is 16.6. The van der Waals surface area contributed by atoms with E-state index in [0.717, 1.165) is 47.3 Å². The van der Waals surface area contributed by atoms with Gasteiger partial charge in [0.1, 0.15) is 0 Å². The first-order valence-corrected chi connectivity index (χ1v) is 13.3. The van der Waals surface area contributed by atoms with Gasteiger partial charge in [0.15, 0.2) is 0 Å². The quantitative estimate of drug-likeness (QED) is 0.205. The van der Waals surface area contributed by atoms with E-state index >= 15 is 0 Å². The summed E-state index contributed by atoms with van der Waals surface area (Å²) in [4.78, 5) is 15.4. The van der Waals surface area contributed by atoms with Gasteiger partial charge in [-0.25, -0.2) is 5.54 Å². The molecule has 5 rings (SSSR count). The van der Waals surface area contributed by atoms with Crippen molar-refractivity contribution in [3.8, 4) is 22.4 Å². The van der Waals surface area contributed by atoms with E-state index in [1.54, 1.807) is 38.2 Å². The Morgan fingerprint density at radius 3 is 2.80 bits per heavy atom. The summed E-state index contributed by atoms with van der Waals surface area (Å²) in [5, 5.41) is 4.66. The highest BCUT2D eigenvalue weighted by Crippen LogP contribution is 2.41. The lowest BCUT2D eigenvalue weighted by molar-refractivity contribution is 0.0862. The van der Waals surface area contributed by atoms with E-state index in [-0.39, 0.29) is 11.9 Å². The number of aromatic nitrogens is 2. The number of carbonyl (C=O) groups is 1. The molecule has 3 N–H and O–H groups in total. The van der Waals surface area contributed by atoms with Gasteiger partial charge in [0, 0.05) is 29.1 Å². The minimum Gasteiger partial charge on any atom is -0.328 e. The van der Waals surface area contributed by atoms with Crippen molar-refractivity contribution in [1.29, 1.82) is 0 Å². The smallest absolute Gasteiger partial charge is 0.272 e. The second-order valence-corrected chi connectivity index (χ2v) is 10.7. The molecule has 180 valence electrons. The second-order valence-electron chi connectivity index (χ2n) is 8.55. The fourth-order valence-electron chi connectivity index (χ4n) is 4.53. The molecule has 2 aromatic carbocycles. The van der Waals surface area contributed by atoms with Crippen LogP contribution in [0, 0.1) is 0 Å². The Morgan fingerprint density at radius 1 is 1.20 bits per heavy atom. The molecule has 0 saturated heterocycles. The molecule has 1 atom stereocenters. The lowest BCUT2D eigenvalue weighted by atomic mass is 10.0. The Kier molecular flexibility index (Phi) is 7.17. The third-order valence-electron chi connectivity index (χ3n) is 6.27. The van der Waals surface area contributed by atoms with Crippen LogP contribution >= 0.6 is 34.2 Å². The maximum atomic E-state index is 13.5. The van der Waals surface area contributed by atoms with Gasteiger partial charge in [0.2, 0.25) is 0 Å². The van der Waals surface area contributed by atoms with Crippen molar-refractivity contribution in [3.05, 3.63) is 82.2 Å². The van der Waals surface area contributed by atoms with Gasteiger partial charge >= 0.3 is 0 Å². The number of hydrogen-bond donors (Lipinski definition) is 2.